The van der Waals surface area contributed by atoms with Crippen LogP contribution in [0.4, 0.5) is 10.1 Å². The Balaban J connectivity index is 1.37. The molecule has 6 nitrogen and oxygen atoms in total. The highest BCUT2D eigenvalue weighted by molar-refractivity contribution is 7.98. The molecule has 30 heavy (non-hydrogen) atoms. The molecule has 4 aromatic rings. The third kappa shape index (κ3) is 4.72. The molecule has 0 aliphatic heterocycles. The van der Waals surface area contributed by atoms with Crippen molar-refractivity contribution in [1.29, 1.82) is 0 Å². The molecule has 4 rings (SSSR count). The SMILES string of the molecule is Cc1nc(SCc2ccc(NC(=O)c3ccc(-c4ccc(F)c(Cl)c4)o3)cc2)n[nH]1. The zero-order chi connectivity index (χ0) is 21.1. The van der Waals surface area contributed by atoms with Crippen LogP contribution in [0.15, 0.2) is 64.2 Å². The summed E-state index contributed by atoms with van der Waals surface area (Å²) in [6.45, 7) is 1.85. The maximum absolute atomic E-state index is 13.3. The minimum Gasteiger partial charge on any atom is -0.451 e. The van der Waals surface area contributed by atoms with Gasteiger partial charge in [-0.15, -0.1) is 5.10 Å². The predicted octanol–water partition coefficient (Wildman–Crippen LogP) is 5.71. The molecule has 0 aliphatic rings. The standard InChI is InChI=1S/C21H16ClFN4O2S/c1-12-24-21(27-26-12)30-11-13-2-5-15(6-3-13)25-20(28)19-9-8-18(29-19)14-4-7-17(23)16(22)10-14/h2-10H,11H2,1H3,(H,25,28)(H,24,26,27). The van der Waals surface area contributed by atoms with E-state index in [2.05, 4.69) is 20.5 Å². The van der Waals surface area contributed by atoms with E-state index in [0.29, 0.717) is 27.9 Å². The number of thioether (sulfide) groups is 1. The van der Waals surface area contributed by atoms with Gasteiger partial charge >= 0.3 is 0 Å². The number of nitrogens with zero attached hydrogens (tertiary/aromatic N) is 2. The zero-order valence-electron chi connectivity index (χ0n) is 15.8. The van der Waals surface area contributed by atoms with Crippen molar-refractivity contribution in [3.05, 3.63) is 82.6 Å². The lowest BCUT2D eigenvalue weighted by molar-refractivity contribution is 0.0997. The normalized spacial score (nSPS) is 10.9. The molecule has 0 saturated carbocycles. The number of furan rings is 1. The van der Waals surface area contributed by atoms with Crippen molar-refractivity contribution in [3.63, 3.8) is 0 Å². The van der Waals surface area contributed by atoms with E-state index in [0.717, 1.165) is 11.4 Å². The van der Waals surface area contributed by atoms with Gasteiger partial charge in [-0.05, 0) is 55.0 Å². The van der Waals surface area contributed by atoms with Crippen LogP contribution in [0.5, 0.6) is 0 Å². The fraction of sp³-hybridized carbons (Fsp3) is 0.0952. The molecular formula is C21H16ClFN4O2S. The van der Waals surface area contributed by atoms with E-state index in [1.54, 1.807) is 12.1 Å². The average Bonchev–Trinajstić information content (AvgIpc) is 3.39. The Labute approximate surface area is 180 Å². The molecule has 1 amide bonds. The van der Waals surface area contributed by atoms with Gasteiger partial charge in [-0.2, -0.15) is 0 Å². The monoisotopic (exact) mass is 442 g/mol. The van der Waals surface area contributed by atoms with Gasteiger partial charge < -0.3 is 9.73 Å². The second kappa shape index (κ2) is 8.73. The van der Waals surface area contributed by atoms with Crippen molar-refractivity contribution >= 4 is 35.0 Å². The topological polar surface area (TPSA) is 83.8 Å². The van der Waals surface area contributed by atoms with Crippen LogP contribution in [0.3, 0.4) is 0 Å². The van der Waals surface area contributed by atoms with Gasteiger partial charge in [0.1, 0.15) is 17.4 Å². The molecule has 9 heteroatoms. The second-order valence-electron chi connectivity index (χ2n) is 6.44. The summed E-state index contributed by atoms with van der Waals surface area (Å²) in [4.78, 5) is 16.7. The number of hydrogen-bond acceptors (Lipinski definition) is 5. The number of hydrogen-bond donors (Lipinski definition) is 2. The summed E-state index contributed by atoms with van der Waals surface area (Å²) in [6.07, 6.45) is 0. The van der Waals surface area contributed by atoms with Crippen molar-refractivity contribution in [2.45, 2.75) is 17.8 Å². The first-order valence-electron chi connectivity index (χ1n) is 8.95. The highest BCUT2D eigenvalue weighted by atomic mass is 35.5. The summed E-state index contributed by atoms with van der Waals surface area (Å²) in [5.41, 5.74) is 2.31. The Morgan fingerprint density at radius 3 is 2.70 bits per heavy atom. The lowest BCUT2D eigenvalue weighted by atomic mass is 10.2. The number of carbonyl (C=O) groups is 1. The summed E-state index contributed by atoms with van der Waals surface area (Å²) in [7, 11) is 0. The zero-order valence-corrected chi connectivity index (χ0v) is 17.4. The Bertz CT molecular complexity index is 1190. The number of amides is 1. The molecule has 2 aromatic heterocycles. The molecule has 0 atom stereocenters. The van der Waals surface area contributed by atoms with Crippen molar-refractivity contribution in [1.82, 2.24) is 15.2 Å². The third-order valence-corrected chi connectivity index (χ3v) is 5.40. The number of benzene rings is 2. The smallest absolute Gasteiger partial charge is 0.291 e. The van der Waals surface area contributed by atoms with Gasteiger partial charge in [0.25, 0.3) is 5.91 Å². The summed E-state index contributed by atoms with van der Waals surface area (Å²) >= 11 is 7.33. The molecule has 0 fully saturated rings. The van der Waals surface area contributed by atoms with Crippen LogP contribution >= 0.6 is 23.4 Å². The summed E-state index contributed by atoms with van der Waals surface area (Å²) in [5.74, 6) is 1.17. The number of aryl methyl sites for hydroxylation is 1. The lowest BCUT2D eigenvalue weighted by Gasteiger charge is -2.05. The molecular weight excluding hydrogens is 427 g/mol. The van der Waals surface area contributed by atoms with Gasteiger partial charge in [-0.1, -0.05) is 35.5 Å². The van der Waals surface area contributed by atoms with Crippen LogP contribution in [0.2, 0.25) is 5.02 Å². The van der Waals surface area contributed by atoms with Crippen LogP contribution in [0.25, 0.3) is 11.3 Å². The van der Waals surface area contributed by atoms with Gasteiger partial charge in [0.2, 0.25) is 5.16 Å². The average molecular weight is 443 g/mol. The Morgan fingerprint density at radius 2 is 2.00 bits per heavy atom. The fourth-order valence-electron chi connectivity index (χ4n) is 2.68. The van der Waals surface area contributed by atoms with E-state index in [9.17, 15) is 9.18 Å². The maximum atomic E-state index is 13.3. The summed E-state index contributed by atoms with van der Waals surface area (Å²) in [6, 6.07) is 14.9. The molecule has 2 heterocycles. The number of aromatic amines is 1. The maximum Gasteiger partial charge on any atom is 0.291 e. The number of nitrogens with one attached hydrogen (secondary N) is 2. The van der Waals surface area contributed by atoms with Gasteiger partial charge in [-0.3, -0.25) is 9.89 Å². The van der Waals surface area contributed by atoms with Crippen LogP contribution in [0, 0.1) is 12.7 Å². The van der Waals surface area contributed by atoms with Gasteiger partial charge in [0.15, 0.2) is 5.76 Å². The number of carbonyl (C=O) groups excluding carboxylic acids is 1. The number of anilines is 1. The molecule has 2 aromatic carbocycles. The van der Waals surface area contributed by atoms with Crippen LogP contribution < -0.4 is 5.32 Å². The molecule has 0 bridgehead atoms. The largest absolute Gasteiger partial charge is 0.451 e. The van der Waals surface area contributed by atoms with Gasteiger partial charge in [0, 0.05) is 17.0 Å². The molecule has 152 valence electrons. The van der Waals surface area contributed by atoms with E-state index in [1.807, 2.05) is 31.2 Å². The number of halogens is 2. The fourth-order valence-corrected chi connectivity index (χ4v) is 3.66. The lowest BCUT2D eigenvalue weighted by Crippen LogP contribution is -2.10. The van der Waals surface area contributed by atoms with E-state index >= 15 is 0 Å². The first kappa shape index (κ1) is 20.2. The van der Waals surface area contributed by atoms with Crippen molar-refractivity contribution < 1.29 is 13.6 Å². The van der Waals surface area contributed by atoms with Crippen LogP contribution in [0.1, 0.15) is 21.9 Å². The third-order valence-electron chi connectivity index (χ3n) is 4.19. The van der Waals surface area contributed by atoms with E-state index in [4.69, 9.17) is 16.0 Å². The first-order chi connectivity index (χ1) is 14.5. The van der Waals surface area contributed by atoms with Crippen molar-refractivity contribution in [2.75, 3.05) is 5.32 Å². The van der Waals surface area contributed by atoms with Crippen molar-refractivity contribution in [3.8, 4) is 11.3 Å². The molecule has 0 radical (unpaired) electrons. The Kier molecular flexibility index (Phi) is 5.87. The number of rotatable bonds is 6. The number of H-pyrrole nitrogens is 1. The molecule has 0 spiro atoms. The molecule has 0 unspecified atom stereocenters. The van der Waals surface area contributed by atoms with E-state index in [-0.39, 0.29) is 16.7 Å². The summed E-state index contributed by atoms with van der Waals surface area (Å²) < 4.78 is 18.9. The molecule has 0 aliphatic carbocycles. The van der Waals surface area contributed by atoms with Gasteiger partial charge in [-0.25, -0.2) is 9.37 Å². The van der Waals surface area contributed by atoms with Gasteiger partial charge in [0.05, 0.1) is 5.02 Å². The Morgan fingerprint density at radius 1 is 1.20 bits per heavy atom. The Hall–Kier alpha value is -3.10. The summed E-state index contributed by atoms with van der Waals surface area (Å²) in [5, 5.41) is 10.4. The first-order valence-corrected chi connectivity index (χ1v) is 10.3. The van der Waals surface area contributed by atoms with Crippen LogP contribution in [-0.4, -0.2) is 21.1 Å². The van der Waals surface area contributed by atoms with E-state index < -0.39 is 5.82 Å². The van der Waals surface area contributed by atoms with Crippen molar-refractivity contribution in [2.24, 2.45) is 0 Å². The second-order valence-corrected chi connectivity index (χ2v) is 7.79. The minimum atomic E-state index is -0.512. The van der Waals surface area contributed by atoms with E-state index in [1.165, 1.54) is 30.0 Å². The predicted molar refractivity (Wildman–Crippen MR) is 114 cm³/mol. The molecule has 0 saturated heterocycles. The highest BCUT2D eigenvalue weighted by Gasteiger charge is 2.14. The molecule has 2 N–H and O–H groups in total. The number of aromatic nitrogens is 3. The minimum absolute atomic E-state index is 0.00800. The quantitative estimate of drug-likeness (QED) is 0.373. The van der Waals surface area contributed by atoms with Crippen LogP contribution in [-0.2, 0) is 5.75 Å². The highest BCUT2D eigenvalue weighted by Crippen LogP contribution is 2.27.